The molecule has 0 bridgehead atoms. The summed E-state index contributed by atoms with van der Waals surface area (Å²) in [5.74, 6) is 2.00. The van der Waals surface area contributed by atoms with Gasteiger partial charge in [-0.1, -0.05) is 44.2 Å². The second-order valence-electron chi connectivity index (χ2n) is 18.0. The molecule has 5 N–H and O–H groups in total. The first-order valence-electron chi connectivity index (χ1n) is 21.4. The van der Waals surface area contributed by atoms with E-state index in [-0.39, 0.29) is 41.9 Å². The molecule has 8 atom stereocenters. The molecule has 5 fully saturated rings. The number of hydrogen-bond donors (Lipinski definition) is 5. The lowest BCUT2D eigenvalue weighted by Crippen LogP contribution is -2.67. The lowest BCUT2D eigenvalue weighted by molar-refractivity contribution is -0.136. The Morgan fingerprint density at radius 2 is 1.62 bits per heavy atom. The van der Waals surface area contributed by atoms with Crippen LogP contribution in [-0.4, -0.2) is 103 Å². The second kappa shape index (κ2) is 14.9. The normalized spacial score (nSPS) is 26.5. The summed E-state index contributed by atoms with van der Waals surface area (Å²) in [4.78, 5) is 72.5. The van der Waals surface area contributed by atoms with E-state index in [1.165, 1.54) is 18.2 Å². The Morgan fingerprint density at radius 1 is 0.917 bits per heavy atom. The number of hydrogen-bond acceptors (Lipinski definition) is 9. The molecule has 5 heterocycles. The number of likely N-dealkylation sites (tertiary alicyclic amines) is 2. The standard InChI is InChI=1S/C45H52N8O7/c1-23(2)38(50-44(58)59-3)42(55)52-34-18-27(34)20-36(52)40-46-31-10-7-25(17-33(31)48-40)5-4-24-6-9-30-26(16-24)8-11-32-39(30)49-41(47-32)37-21-28-19-35(28)53(37)45(22-54,51-43(56)57)29-12-14-60-15-13-29/h6-11,16-17,22-23,27-29,34-38,51H,4-5,12-15,18-21H2,1-3H3,(H,46,48)(H,47,49)(H,50,58)(H,56,57)/t27-,28-,34-,35-,36+,37+,38+,45-/m1/s1. The zero-order valence-electron chi connectivity index (χ0n) is 34.1. The molecule has 2 aromatic heterocycles. The number of methoxy groups -OCH3 is 1. The maximum Gasteiger partial charge on any atom is 0.407 e. The van der Waals surface area contributed by atoms with Crippen LogP contribution in [0.4, 0.5) is 9.59 Å². The molecular weight excluding hydrogens is 765 g/mol. The zero-order valence-corrected chi connectivity index (χ0v) is 34.1. The van der Waals surface area contributed by atoms with Crippen LogP contribution in [0.2, 0.25) is 0 Å². The Bertz CT molecular complexity index is 2510. The number of carboxylic acid groups (broad SMARTS) is 1. The Morgan fingerprint density at radius 3 is 2.37 bits per heavy atom. The minimum atomic E-state index is -1.35. The summed E-state index contributed by atoms with van der Waals surface area (Å²) in [7, 11) is 1.31. The smallest absolute Gasteiger partial charge is 0.407 e. The molecule has 15 nitrogen and oxygen atoms in total. The summed E-state index contributed by atoms with van der Waals surface area (Å²) in [6.07, 6.45) is 5.46. The minimum absolute atomic E-state index is 0.0931. The number of carbonyl (C=O) groups excluding carboxylic acids is 3. The summed E-state index contributed by atoms with van der Waals surface area (Å²) < 4.78 is 10.4. The topological polar surface area (TPSA) is 195 Å². The van der Waals surface area contributed by atoms with E-state index in [1.807, 2.05) is 24.8 Å². The van der Waals surface area contributed by atoms with Crippen molar-refractivity contribution in [3.63, 3.8) is 0 Å². The Labute approximate surface area is 347 Å². The number of alkyl carbamates (subject to hydrolysis) is 1. The predicted molar refractivity (Wildman–Crippen MR) is 222 cm³/mol. The average Bonchev–Trinajstić information content (AvgIpc) is 3.90. The van der Waals surface area contributed by atoms with Crippen molar-refractivity contribution in [3.8, 4) is 0 Å². The number of nitrogens with zero attached hydrogens (tertiary/aromatic N) is 4. The van der Waals surface area contributed by atoms with Crippen molar-refractivity contribution in [1.82, 2.24) is 40.4 Å². The predicted octanol–water partition coefficient (Wildman–Crippen LogP) is 6.14. The summed E-state index contributed by atoms with van der Waals surface area (Å²) in [6.45, 7) is 4.85. The fourth-order valence-electron chi connectivity index (χ4n) is 10.8. The molecule has 3 aromatic carbocycles. The number of rotatable bonds is 12. The maximum atomic E-state index is 13.9. The maximum absolute atomic E-state index is 13.9. The monoisotopic (exact) mass is 816 g/mol. The third kappa shape index (κ3) is 6.66. The van der Waals surface area contributed by atoms with Gasteiger partial charge in [-0.3, -0.25) is 19.8 Å². The Kier molecular flexibility index (Phi) is 9.58. The molecule has 5 aromatic rings. The Hall–Kier alpha value is -5.54. The molecule has 3 amide bonds. The van der Waals surface area contributed by atoms with Crippen molar-refractivity contribution in [1.29, 1.82) is 0 Å². The second-order valence-corrected chi connectivity index (χ2v) is 18.0. The number of carbonyl (C=O) groups is 4. The molecule has 60 heavy (non-hydrogen) atoms. The van der Waals surface area contributed by atoms with Crippen molar-refractivity contribution in [2.24, 2.45) is 23.7 Å². The van der Waals surface area contributed by atoms with Crippen LogP contribution in [0, 0.1) is 23.7 Å². The molecule has 3 saturated heterocycles. The van der Waals surface area contributed by atoms with E-state index in [0.717, 1.165) is 89.3 Å². The van der Waals surface area contributed by atoms with E-state index < -0.39 is 23.9 Å². The highest BCUT2D eigenvalue weighted by molar-refractivity contribution is 6.04. The summed E-state index contributed by atoms with van der Waals surface area (Å²) >= 11 is 0. The van der Waals surface area contributed by atoms with Crippen LogP contribution in [0.15, 0.2) is 48.5 Å². The number of aryl methyl sites for hydroxylation is 2. The van der Waals surface area contributed by atoms with Crippen LogP contribution in [0.3, 0.4) is 0 Å². The zero-order chi connectivity index (χ0) is 41.4. The molecule has 10 rings (SSSR count). The number of fused-ring (bicyclic) bond motifs is 6. The van der Waals surface area contributed by atoms with Crippen molar-refractivity contribution in [2.45, 2.75) is 101 Å². The summed E-state index contributed by atoms with van der Waals surface area (Å²) in [6, 6.07) is 16.2. The van der Waals surface area contributed by atoms with E-state index >= 15 is 0 Å². The van der Waals surface area contributed by atoms with Gasteiger partial charge in [-0.2, -0.15) is 0 Å². The number of imidazole rings is 2. The number of benzene rings is 3. The number of aldehydes is 1. The van der Waals surface area contributed by atoms with Gasteiger partial charge in [0.1, 0.15) is 17.7 Å². The third-order valence-electron chi connectivity index (χ3n) is 14.1. The van der Waals surface area contributed by atoms with Crippen molar-refractivity contribution >= 4 is 57.2 Å². The summed E-state index contributed by atoms with van der Waals surface area (Å²) in [5.41, 5.74) is 4.61. The summed E-state index contributed by atoms with van der Waals surface area (Å²) in [5, 5.41) is 17.5. The molecule has 0 unspecified atom stereocenters. The van der Waals surface area contributed by atoms with Gasteiger partial charge in [-0.15, -0.1) is 0 Å². The van der Waals surface area contributed by atoms with Crippen LogP contribution in [-0.2, 0) is 31.9 Å². The molecule has 0 radical (unpaired) electrons. The highest BCUT2D eigenvalue weighted by atomic mass is 16.5. The van der Waals surface area contributed by atoms with E-state index in [0.29, 0.717) is 37.9 Å². The molecule has 15 heteroatoms. The van der Waals surface area contributed by atoms with Gasteiger partial charge in [0.15, 0.2) is 11.9 Å². The van der Waals surface area contributed by atoms with Crippen LogP contribution in [0.25, 0.3) is 32.8 Å². The van der Waals surface area contributed by atoms with E-state index in [4.69, 9.17) is 19.4 Å². The van der Waals surface area contributed by atoms with Gasteiger partial charge >= 0.3 is 12.2 Å². The van der Waals surface area contributed by atoms with Gasteiger partial charge in [0.2, 0.25) is 5.91 Å². The third-order valence-corrected chi connectivity index (χ3v) is 14.1. The van der Waals surface area contributed by atoms with Crippen LogP contribution >= 0.6 is 0 Å². The van der Waals surface area contributed by atoms with E-state index in [9.17, 15) is 24.3 Å². The lowest BCUT2D eigenvalue weighted by Gasteiger charge is -2.47. The number of ether oxygens (including phenoxy) is 2. The SMILES string of the molecule is COC(=O)N[C@H](C(=O)N1[C@@H]2C[C@@H]2C[C@H]1c1nc2ccc(CCc3ccc4c(ccc5[nH]c([C@@H]6C[C@H]7C[C@H]7N6[C@@](C=O)(NC(=O)O)C6CCOCC6)nc54)c3)cc2[nH]1)C(C)C. The minimum Gasteiger partial charge on any atom is -0.465 e. The van der Waals surface area contributed by atoms with Gasteiger partial charge in [-0.05, 0) is 104 Å². The molecular formula is C45H52N8O7. The quantitative estimate of drug-likeness (QED) is 0.0913. The van der Waals surface area contributed by atoms with Crippen molar-refractivity contribution < 1.29 is 33.8 Å². The molecule has 5 aliphatic rings. The van der Waals surface area contributed by atoms with Crippen LogP contribution in [0.1, 0.15) is 87.2 Å². The lowest BCUT2D eigenvalue weighted by atomic mass is 9.84. The molecule has 0 spiro atoms. The van der Waals surface area contributed by atoms with E-state index in [2.05, 4.69) is 68.0 Å². The fraction of sp³-hybridized carbons (Fsp3) is 0.511. The van der Waals surface area contributed by atoms with Crippen molar-refractivity contribution in [3.05, 3.63) is 71.3 Å². The van der Waals surface area contributed by atoms with Gasteiger partial charge in [-0.25, -0.2) is 19.6 Å². The number of H-pyrrole nitrogens is 2. The number of nitrogens with one attached hydrogen (secondary N) is 4. The molecule has 2 aliphatic carbocycles. The Balaban J connectivity index is 0.858. The van der Waals surface area contributed by atoms with Gasteiger partial charge in [0.05, 0.1) is 41.3 Å². The van der Waals surface area contributed by atoms with Gasteiger partial charge < -0.3 is 34.8 Å². The molecule has 3 aliphatic heterocycles. The first kappa shape index (κ1) is 38.6. The van der Waals surface area contributed by atoms with Gasteiger partial charge in [0, 0.05) is 36.6 Å². The number of amides is 3. The van der Waals surface area contributed by atoms with Crippen molar-refractivity contribution in [2.75, 3.05) is 20.3 Å². The number of piperidine rings is 2. The average molecular weight is 817 g/mol. The first-order chi connectivity index (χ1) is 29.0. The number of aromatic amines is 2. The van der Waals surface area contributed by atoms with Crippen LogP contribution < -0.4 is 10.6 Å². The van der Waals surface area contributed by atoms with Gasteiger partial charge in [0.25, 0.3) is 0 Å². The highest BCUT2D eigenvalue weighted by Crippen LogP contribution is 2.57. The highest BCUT2D eigenvalue weighted by Gasteiger charge is 2.62. The largest absolute Gasteiger partial charge is 0.465 e. The van der Waals surface area contributed by atoms with E-state index in [1.54, 1.807) is 0 Å². The van der Waals surface area contributed by atoms with Crippen LogP contribution in [0.5, 0.6) is 0 Å². The fourth-order valence-corrected chi connectivity index (χ4v) is 10.8. The number of aromatic nitrogens is 4. The molecule has 314 valence electrons. The first-order valence-corrected chi connectivity index (χ1v) is 21.4. The molecule has 2 saturated carbocycles.